The van der Waals surface area contributed by atoms with E-state index in [0.29, 0.717) is 31.5 Å². The summed E-state index contributed by atoms with van der Waals surface area (Å²) in [5.41, 5.74) is 3.91. The minimum Gasteiger partial charge on any atom is -0.390 e. The molecule has 0 radical (unpaired) electrons. The van der Waals surface area contributed by atoms with Gasteiger partial charge in [0.05, 0.1) is 17.0 Å². The Balaban J connectivity index is 1.88. The quantitative estimate of drug-likeness (QED) is 0.189. The molecule has 5 N–H and O–H groups in total. The molecule has 0 fully saturated rings. The molecule has 0 aliphatic carbocycles. The molecule has 0 heterocycles. The Morgan fingerprint density at radius 2 is 1.41 bits per heavy atom. The fraction of sp³-hybridized carbons (Fsp3) is 0.344. The Bertz CT molecular complexity index is 1510. The fourth-order valence-corrected chi connectivity index (χ4v) is 5.32. The molecule has 3 rings (SSSR count). The molecule has 2 unspecified atom stereocenters. The van der Waals surface area contributed by atoms with E-state index in [-0.39, 0.29) is 34.9 Å². The van der Waals surface area contributed by atoms with E-state index in [0.717, 1.165) is 11.6 Å². The molecule has 0 bridgehead atoms. The van der Waals surface area contributed by atoms with Gasteiger partial charge < -0.3 is 15.3 Å². The maximum Gasteiger partial charge on any atom is 0.265 e. The molecule has 3 aromatic rings. The van der Waals surface area contributed by atoms with Crippen LogP contribution >= 0.6 is 0 Å². The predicted octanol–water partition coefficient (Wildman–Crippen LogP) is 2.58. The first kappa shape index (κ1) is 34.4. The molecule has 12 heteroatoms. The lowest BCUT2D eigenvalue weighted by Crippen LogP contribution is -2.52. The summed E-state index contributed by atoms with van der Waals surface area (Å²) in [4.78, 5) is 40.8. The van der Waals surface area contributed by atoms with Crippen molar-refractivity contribution in [2.24, 2.45) is 5.14 Å². The van der Waals surface area contributed by atoms with Crippen molar-refractivity contribution in [1.82, 2.24) is 20.7 Å². The molecule has 236 valence electrons. The van der Waals surface area contributed by atoms with E-state index in [9.17, 15) is 27.9 Å². The van der Waals surface area contributed by atoms with Gasteiger partial charge >= 0.3 is 0 Å². The summed E-state index contributed by atoms with van der Waals surface area (Å²) >= 11 is 0. The molecule has 0 spiro atoms. The molecule has 0 aliphatic heterocycles. The number of likely N-dealkylation sites (N-methyl/N-ethyl adjacent to an activating group) is 1. The summed E-state index contributed by atoms with van der Waals surface area (Å²) in [6.07, 6.45) is 0.475. The van der Waals surface area contributed by atoms with E-state index < -0.39 is 34.0 Å². The number of carbonyl (C=O) groups excluding carboxylic acids is 3. The van der Waals surface area contributed by atoms with Crippen LogP contribution in [0.4, 0.5) is 0 Å². The lowest BCUT2D eigenvalue weighted by atomic mass is 10.00. The zero-order valence-corrected chi connectivity index (χ0v) is 26.1. The number of rotatable bonds is 15. The number of nitrogens with zero attached hydrogens (tertiary/aromatic N) is 2. The monoisotopic (exact) mass is 623 g/mol. The Labute approximate surface area is 259 Å². The zero-order chi connectivity index (χ0) is 32.3. The molecular weight excluding hydrogens is 582 g/mol. The number of benzene rings is 3. The highest BCUT2D eigenvalue weighted by Crippen LogP contribution is 2.18. The summed E-state index contributed by atoms with van der Waals surface area (Å²) < 4.78 is 24.7. The molecular formula is C32H41N5O6S. The third kappa shape index (κ3) is 9.98. The highest BCUT2D eigenvalue weighted by molar-refractivity contribution is 7.89. The topological polar surface area (TPSA) is 162 Å². The summed E-state index contributed by atoms with van der Waals surface area (Å²) in [5, 5.41) is 20.9. The van der Waals surface area contributed by atoms with Gasteiger partial charge in [0.25, 0.3) is 17.7 Å². The number of hydrogen-bond donors (Lipinski definition) is 4. The van der Waals surface area contributed by atoms with E-state index in [1.54, 1.807) is 42.3 Å². The van der Waals surface area contributed by atoms with E-state index in [1.807, 2.05) is 44.2 Å². The molecule has 0 aromatic heterocycles. The van der Waals surface area contributed by atoms with Crippen molar-refractivity contribution in [3.05, 3.63) is 101 Å². The maximum absolute atomic E-state index is 13.6. The van der Waals surface area contributed by atoms with Crippen molar-refractivity contribution in [2.45, 2.75) is 50.2 Å². The van der Waals surface area contributed by atoms with Crippen LogP contribution in [0.3, 0.4) is 0 Å². The second-order valence-corrected chi connectivity index (χ2v) is 12.2. The molecule has 11 nitrogen and oxygen atoms in total. The number of carbonyl (C=O) groups is 3. The van der Waals surface area contributed by atoms with Crippen LogP contribution < -0.4 is 15.9 Å². The van der Waals surface area contributed by atoms with Gasteiger partial charge in [0, 0.05) is 43.4 Å². The van der Waals surface area contributed by atoms with Crippen molar-refractivity contribution in [3.63, 3.8) is 0 Å². The van der Waals surface area contributed by atoms with Crippen molar-refractivity contribution in [3.8, 4) is 0 Å². The molecule has 0 saturated heterocycles. The standard InChI is InChI=1S/C32H41N5O6S/c1-4-16-37(17-5-2)32(41)26-19-25(20-27(21-26)44(33,42)43)30(39)34-28(18-23-12-8-6-9-13-23)29(38)22-36(3)35-31(40)24-14-10-7-11-15-24/h6-15,19-21,28-29,38H,4-5,16-18,22H2,1-3H3,(H,34,39)(H,35,40)(H2,33,42,43). The summed E-state index contributed by atoms with van der Waals surface area (Å²) in [6, 6.07) is 20.6. The number of hydrogen-bond acceptors (Lipinski definition) is 7. The van der Waals surface area contributed by atoms with Gasteiger partial charge in [-0.05, 0) is 55.2 Å². The Morgan fingerprint density at radius 3 is 1.98 bits per heavy atom. The predicted molar refractivity (Wildman–Crippen MR) is 168 cm³/mol. The van der Waals surface area contributed by atoms with Gasteiger partial charge in [-0.2, -0.15) is 0 Å². The lowest BCUT2D eigenvalue weighted by Gasteiger charge is -2.28. The van der Waals surface area contributed by atoms with E-state index >= 15 is 0 Å². The van der Waals surface area contributed by atoms with Crippen LogP contribution in [0.15, 0.2) is 83.8 Å². The number of nitrogens with one attached hydrogen (secondary N) is 2. The molecule has 3 aromatic carbocycles. The lowest BCUT2D eigenvalue weighted by molar-refractivity contribution is 0.0542. The van der Waals surface area contributed by atoms with Crippen molar-refractivity contribution in [1.29, 1.82) is 0 Å². The van der Waals surface area contributed by atoms with Crippen molar-refractivity contribution < 1.29 is 27.9 Å². The Hall–Kier alpha value is -4.10. The third-order valence-corrected chi connectivity index (χ3v) is 7.78. The van der Waals surface area contributed by atoms with Gasteiger partial charge in [-0.1, -0.05) is 62.4 Å². The maximum atomic E-state index is 13.6. The molecule has 3 amide bonds. The van der Waals surface area contributed by atoms with E-state index in [4.69, 9.17) is 5.14 Å². The largest absolute Gasteiger partial charge is 0.390 e. The average molecular weight is 624 g/mol. The summed E-state index contributed by atoms with van der Waals surface area (Å²) in [6.45, 7) is 4.75. The fourth-order valence-electron chi connectivity index (χ4n) is 4.74. The molecule has 44 heavy (non-hydrogen) atoms. The average Bonchev–Trinajstić information content (AvgIpc) is 3.00. The van der Waals surface area contributed by atoms with Gasteiger partial charge in [0.1, 0.15) is 0 Å². The van der Waals surface area contributed by atoms with Crippen LogP contribution in [-0.4, -0.2) is 80.0 Å². The second-order valence-electron chi connectivity index (χ2n) is 10.6. The van der Waals surface area contributed by atoms with Crippen molar-refractivity contribution in [2.75, 3.05) is 26.7 Å². The minimum atomic E-state index is -4.26. The zero-order valence-electron chi connectivity index (χ0n) is 25.3. The van der Waals surface area contributed by atoms with Gasteiger partial charge in [-0.3, -0.25) is 19.8 Å². The van der Waals surface area contributed by atoms with Gasteiger partial charge in [-0.25, -0.2) is 18.6 Å². The smallest absolute Gasteiger partial charge is 0.265 e. The number of primary sulfonamides is 1. The molecule has 2 atom stereocenters. The van der Waals surface area contributed by atoms with Crippen LogP contribution in [0.1, 0.15) is 63.3 Å². The van der Waals surface area contributed by atoms with Crippen LogP contribution in [0, 0.1) is 0 Å². The van der Waals surface area contributed by atoms with Crippen LogP contribution in [-0.2, 0) is 16.4 Å². The van der Waals surface area contributed by atoms with Crippen LogP contribution in [0.2, 0.25) is 0 Å². The van der Waals surface area contributed by atoms with Crippen molar-refractivity contribution >= 4 is 27.7 Å². The number of amides is 3. The number of aliphatic hydroxyl groups is 1. The van der Waals surface area contributed by atoms with E-state index in [2.05, 4.69) is 10.7 Å². The third-order valence-electron chi connectivity index (χ3n) is 6.89. The van der Waals surface area contributed by atoms with Crippen LogP contribution in [0.5, 0.6) is 0 Å². The van der Waals surface area contributed by atoms with Gasteiger partial charge in [-0.15, -0.1) is 0 Å². The number of nitrogens with two attached hydrogens (primary N) is 1. The summed E-state index contributed by atoms with van der Waals surface area (Å²) in [5.74, 6) is -1.47. The highest BCUT2D eigenvalue weighted by atomic mass is 32.2. The number of sulfonamides is 1. The van der Waals surface area contributed by atoms with Crippen LogP contribution in [0.25, 0.3) is 0 Å². The van der Waals surface area contributed by atoms with E-state index in [1.165, 1.54) is 17.1 Å². The van der Waals surface area contributed by atoms with Gasteiger partial charge in [0.2, 0.25) is 10.0 Å². The van der Waals surface area contributed by atoms with Gasteiger partial charge in [0.15, 0.2) is 0 Å². The first-order valence-electron chi connectivity index (χ1n) is 14.5. The first-order valence-corrected chi connectivity index (χ1v) is 16.0. The second kappa shape index (κ2) is 16.1. The summed E-state index contributed by atoms with van der Waals surface area (Å²) in [7, 11) is -2.66. The number of aliphatic hydroxyl groups excluding tert-OH is 1. The molecule has 0 aliphatic rings. The Morgan fingerprint density at radius 1 is 0.841 bits per heavy atom. The first-order chi connectivity index (χ1) is 20.9. The Kier molecular flexibility index (Phi) is 12.6. The molecule has 0 saturated carbocycles. The highest BCUT2D eigenvalue weighted by Gasteiger charge is 2.26. The normalized spacial score (nSPS) is 12.8. The minimum absolute atomic E-state index is 0.0205. The SMILES string of the molecule is CCCN(CCC)C(=O)c1cc(C(=O)NC(Cc2ccccc2)C(O)CN(C)NC(=O)c2ccccc2)cc(S(N)(=O)=O)c1. The number of hydrazine groups is 1.